The Hall–Kier alpha value is -2.37. The lowest BCUT2D eigenvalue weighted by Gasteiger charge is -2.14. The molecule has 6 heteroatoms. The van der Waals surface area contributed by atoms with E-state index in [1.165, 1.54) is 11.8 Å². The normalized spacial score (nSPS) is 12.8. The van der Waals surface area contributed by atoms with Crippen LogP contribution in [0.4, 0.5) is 0 Å². The molecule has 0 saturated carbocycles. The van der Waals surface area contributed by atoms with E-state index in [2.05, 4.69) is 4.98 Å². The number of carbonyl (C=O) groups is 1. The molecule has 136 valence electrons. The zero-order valence-corrected chi connectivity index (χ0v) is 16.1. The van der Waals surface area contributed by atoms with Gasteiger partial charge in [-0.15, -0.1) is 0 Å². The van der Waals surface area contributed by atoms with Crippen LogP contribution in [0.5, 0.6) is 0 Å². The summed E-state index contributed by atoms with van der Waals surface area (Å²) in [6.07, 6.45) is 2.68. The van der Waals surface area contributed by atoms with E-state index >= 15 is 0 Å². The maximum atomic E-state index is 12.7. The van der Waals surface area contributed by atoms with Crippen molar-refractivity contribution in [2.24, 2.45) is 0 Å². The standard InChI is InChI=1S/C21H17ClN2O2S/c22-15-9-11-16(12-10-15)24-18-8-4-7-17(18)20(23-21(24)26)27-13-19(25)14-5-2-1-3-6-14/h1-3,5-6,9-12H,4,7-8,13H2. The van der Waals surface area contributed by atoms with Crippen LogP contribution < -0.4 is 5.69 Å². The molecule has 4 rings (SSSR count). The molecule has 1 heterocycles. The van der Waals surface area contributed by atoms with Crippen LogP contribution in [-0.2, 0) is 12.8 Å². The Morgan fingerprint density at radius 1 is 1.07 bits per heavy atom. The Morgan fingerprint density at radius 2 is 1.81 bits per heavy atom. The van der Waals surface area contributed by atoms with Gasteiger partial charge in [0.25, 0.3) is 0 Å². The molecule has 0 atom stereocenters. The minimum atomic E-state index is -0.312. The molecular formula is C21H17ClN2O2S. The molecule has 0 N–H and O–H groups in total. The van der Waals surface area contributed by atoms with E-state index < -0.39 is 0 Å². The molecule has 4 nitrogen and oxygen atoms in total. The van der Waals surface area contributed by atoms with Crippen molar-refractivity contribution in [2.75, 3.05) is 5.75 Å². The molecule has 2 aromatic carbocycles. The van der Waals surface area contributed by atoms with Gasteiger partial charge in [-0.25, -0.2) is 4.79 Å². The molecule has 0 spiro atoms. The summed E-state index contributed by atoms with van der Waals surface area (Å²) in [6, 6.07) is 16.4. The summed E-state index contributed by atoms with van der Waals surface area (Å²) in [7, 11) is 0. The van der Waals surface area contributed by atoms with Crippen molar-refractivity contribution < 1.29 is 4.79 Å². The summed E-state index contributed by atoms with van der Waals surface area (Å²) in [4.78, 5) is 29.4. The molecule has 1 aliphatic carbocycles. The van der Waals surface area contributed by atoms with Crippen LogP contribution in [0, 0.1) is 0 Å². The van der Waals surface area contributed by atoms with Crippen LogP contribution in [-0.4, -0.2) is 21.1 Å². The number of fused-ring (bicyclic) bond motifs is 1. The largest absolute Gasteiger partial charge is 0.353 e. The van der Waals surface area contributed by atoms with Crippen LogP contribution in [0.2, 0.25) is 5.02 Å². The first-order valence-corrected chi connectivity index (χ1v) is 10.1. The lowest BCUT2D eigenvalue weighted by molar-refractivity contribution is 0.102. The number of Topliss-reactive ketones (excluding diaryl/α,β-unsaturated/α-hetero) is 1. The summed E-state index contributed by atoms with van der Waals surface area (Å²) in [6.45, 7) is 0. The summed E-state index contributed by atoms with van der Waals surface area (Å²) < 4.78 is 1.67. The van der Waals surface area contributed by atoms with Crippen LogP contribution in [0.25, 0.3) is 5.69 Å². The van der Waals surface area contributed by atoms with E-state index in [4.69, 9.17) is 11.6 Å². The van der Waals surface area contributed by atoms with E-state index in [1.54, 1.807) is 28.8 Å². The fraction of sp³-hybridized carbons (Fsp3) is 0.190. The van der Waals surface area contributed by atoms with E-state index in [0.717, 1.165) is 36.2 Å². The molecule has 0 fully saturated rings. The van der Waals surface area contributed by atoms with Gasteiger partial charge in [0.2, 0.25) is 0 Å². The van der Waals surface area contributed by atoms with Crippen molar-refractivity contribution in [2.45, 2.75) is 24.3 Å². The fourth-order valence-electron chi connectivity index (χ4n) is 3.34. The molecule has 0 amide bonds. The lowest BCUT2D eigenvalue weighted by atomic mass is 10.2. The van der Waals surface area contributed by atoms with Crippen LogP contribution >= 0.6 is 23.4 Å². The third-order valence-corrected chi connectivity index (χ3v) is 5.90. The van der Waals surface area contributed by atoms with E-state index in [1.807, 2.05) is 30.3 Å². The van der Waals surface area contributed by atoms with Gasteiger partial charge in [-0.1, -0.05) is 53.7 Å². The number of ketones is 1. The number of hydrogen-bond donors (Lipinski definition) is 0. The monoisotopic (exact) mass is 396 g/mol. The van der Waals surface area contributed by atoms with Crippen molar-refractivity contribution in [3.05, 3.63) is 86.9 Å². The highest BCUT2D eigenvalue weighted by Crippen LogP contribution is 2.31. The fourth-order valence-corrected chi connectivity index (χ4v) is 4.44. The highest BCUT2D eigenvalue weighted by Gasteiger charge is 2.23. The van der Waals surface area contributed by atoms with Gasteiger partial charge in [0, 0.05) is 21.8 Å². The maximum Gasteiger partial charge on any atom is 0.353 e. The first-order valence-electron chi connectivity index (χ1n) is 8.75. The second-order valence-corrected chi connectivity index (χ2v) is 7.77. The van der Waals surface area contributed by atoms with Gasteiger partial charge in [-0.3, -0.25) is 9.36 Å². The summed E-state index contributed by atoms with van der Waals surface area (Å²) in [5, 5.41) is 1.31. The third-order valence-electron chi connectivity index (χ3n) is 4.63. The summed E-state index contributed by atoms with van der Waals surface area (Å²) in [5.41, 5.74) is 3.21. The van der Waals surface area contributed by atoms with Crippen molar-refractivity contribution in [1.29, 1.82) is 0 Å². The smallest absolute Gasteiger partial charge is 0.293 e. The zero-order chi connectivity index (χ0) is 18.8. The maximum absolute atomic E-state index is 12.7. The number of aromatic nitrogens is 2. The Bertz CT molecular complexity index is 1050. The summed E-state index contributed by atoms with van der Waals surface area (Å²) in [5.74, 6) is 0.310. The third kappa shape index (κ3) is 3.70. The van der Waals surface area contributed by atoms with E-state index in [-0.39, 0.29) is 17.2 Å². The predicted octanol–water partition coefficient (Wildman–Crippen LogP) is 4.35. The molecular weight excluding hydrogens is 380 g/mol. The molecule has 1 aromatic heterocycles. The Morgan fingerprint density at radius 3 is 2.56 bits per heavy atom. The van der Waals surface area contributed by atoms with Gasteiger partial charge in [0.15, 0.2) is 5.78 Å². The number of nitrogens with zero attached hydrogens (tertiary/aromatic N) is 2. The van der Waals surface area contributed by atoms with Crippen molar-refractivity contribution in [3.63, 3.8) is 0 Å². The van der Waals surface area contributed by atoms with E-state index in [0.29, 0.717) is 15.6 Å². The van der Waals surface area contributed by atoms with Gasteiger partial charge < -0.3 is 0 Å². The van der Waals surface area contributed by atoms with Crippen molar-refractivity contribution >= 4 is 29.1 Å². The highest BCUT2D eigenvalue weighted by molar-refractivity contribution is 8.00. The minimum absolute atomic E-state index is 0.0380. The lowest BCUT2D eigenvalue weighted by Crippen LogP contribution is -2.26. The Kier molecular flexibility index (Phi) is 5.14. The van der Waals surface area contributed by atoms with Crippen molar-refractivity contribution in [3.8, 4) is 5.69 Å². The topological polar surface area (TPSA) is 52.0 Å². The SMILES string of the molecule is O=C(CSc1nc(=O)n(-c2ccc(Cl)cc2)c2c1CCC2)c1ccccc1. The molecule has 0 unspecified atom stereocenters. The molecule has 0 saturated heterocycles. The van der Waals surface area contributed by atoms with E-state index in [9.17, 15) is 9.59 Å². The molecule has 0 bridgehead atoms. The predicted molar refractivity (Wildman–Crippen MR) is 108 cm³/mol. The van der Waals surface area contributed by atoms with Gasteiger partial charge in [0.1, 0.15) is 5.03 Å². The molecule has 27 heavy (non-hydrogen) atoms. The van der Waals surface area contributed by atoms with Gasteiger partial charge >= 0.3 is 5.69 Å². The molecule has 1 aliphatic rings. The summed E-state index contributed by atoms with van der Waals surface area (Å²) >= 11 is 7.32. The number of thioether (sulfide) groups is 1. The second-order valence-electron chi connectivity index (χ2n) is 6.37. The average Bonchev–Trinajstić information content (AvgIpc) is 3.17. The zero-order valence-electron chi connectivity index (χ0n) is 14.5. The average molecular weight is 397 g/mol. The van der Waals surface area contributed by atoms with Crippen LogP contribution in [0.15, 0.2) is 64.4 Å². The molecule has 3 aromatic rings. The van der Waals surface area contributed by atoms with Gasteiger partial charge in [-0.2, -0.15) is 4.98 Å². The highest BCUT2D eigenvalue weighted by atomic mass is 35.5. The number of halogens is 1. The van der Waals surface area contributed by atoms with Gasteiger partial charge in [-0.05, 0) is 43.5 Å². The molecule has 0 radical (unpaired) electrons. The number of rotatable bonds is 5. The first kappa shape index (κ1) is 18.0. The Balaban J connectivity index is 1.65. The second kappa shape index (κ2) is 7.71. The molecule has 0 aliphatic heterocycles. The first-order chi connectivity index (χ1) is 13.1. The Labute approximate surface area is 166 Å². The van der Waals surface area contributed by atoms with Crippen LogP contribution in [0.1, 0.15) is 28.0 Å². The van der Waals surface area contributed by atoms with Crippen molar-refractivity contribution in [1.82, 2.24) is 9.55 Å². The van der Waals surface area contributed by atoms with Crippen LogP contribution in [0.3, 0.4) is 0 Å². The number of hydrogen-bond acceptors (Lipinski definition) is 4. The number of benzene rings is 2. The number of carbonyl (C=O) groups excluding carboxylic acids is 1. The quantitative estimate of drug-likeness (QED) is 0.365. The van der Waals surface area contributed by atoms with Gasteiger partial charge in [0.05, 0.1) is 11.4 Å². The minimum Gasteiger partial charge on any atom is -0.293 e.